The lowest BCUT2D eigenvalue weighted by atomic mass is 10.1. The molecular weight excluding hydrogens is 323 g/mol. The number of rotatable bonds is 7. The minimum absolute atomic E-state index is 0.107. The zero-order valence-electron chi connectivity index (χ0n) is 13.0. The largest absolute Gasteiger partial charge is 0.418 e. The highest BCUT2D eigenvalue weighted by Crippen LogP contribution is 2.36. The van der Waals surface area contributed by atoms with Gasteiger partial charge >= 0.3 is 6.18 Å². The van der Waals surface area contributed by atoms with Gasteiger partial charge in [0.2, 0.25) is 0 Å². The molecule has 0 atom stereocenters. The molecule has 0 aliphatic rings. The Morgan fingerprint density at radius 1 is 1.17 bits per heavy atom. The van der Waals surface area contributed by atoms with E-state index in [4.69, 9.17) is 10.5 Å². The van der Waals surface area contributed by atoms with Crippen LogP contribution in [0.15, 0.2) is 30.6 Å². The van der Waals surface area contributed by atoms with E-state index < -0.39 is 11.7 Å². The van der Waals surface area contributed by atoms with Crippen molar-refractivity contribution in [2.75, 3.05) is 36.6 Å². The number of nitrogens with one attached hydrogen (secondary N) is 2. The second kappa shape index (κ2) is 7.82. The first kappa shape index (κ1) is 17.8. The summed E-state index contributed by atoms with van der Waals surface area (Å²) in [7, 11) is 1.60. The average molecular weight is 341 g/mol. The molecule has 0 spiro atoms. The maximum absolute atomic E-state index is 13.0. The van der Waals surface area contributed by atoms with Crippen molar-refractivity contribution in [3.8, 4) is 0 Å². The number of halogens is 3. The molecule has 1 aromatic heterocycles. The third kappa shape index (κ3) is 4.48. The van der Waals surface area contributed by atoms with E-state index in [0.717, 1.165) is 12.5 Å². The molecule has 0 aliphatic heterocycles. The predicted octanol–water partition coefficient (Wildman–Crippen LogP) is 3.27. The summed E-state index contributed by atoms with van der Waals surface area (Å²) in [5, 5.41) is 5.63. The van der Waals surface area contributed by atoms with Gasteiger partial charge in [-0.25, -0.2) is 9.97 Å². The molecule has 0 unspecified atom stereocenters. The lowest BCUT2D eigenvalue weighted by molar-refractivity contribution is -0.136. The average Bonchev–Trinajstić information content (AvgIpc) is 2.54. The first-order valence-electron chi connectivity index (χ1n) is 7.20. The van der Waals surface area contributed by atoms with Gasteiger partial charge in [0.25, 0.3) is 0 Å². The molecule has 24 heavy (non-hydrogen) atoms. The molecule has 0 radical (unpaired) electrons. The van der Waals surface area contributed by atoms with Crippen molar-refractivity contribution < 1.29 is 17.9 Å². The Morgan fingerprint density at radius 3 is 2.58 bits per heavy atom. The number of hydrogen-bond donors (Lipinski definition) is 3. The van der Waals surface area contributed by atoms with Gasteiger partial charge in [-0.05, 0) is 18.6 Å². The van der Waals surface area contributed by atoms with Crippen molar-refractivity contribution in [2.45, 2.75) is 12.6 Å². The molecule has 0 fully saturated rings. The van der Waals surface area contributed by atoms with Gasteiger partial charge in [0, 0.05) is 20.3 Å². The van der Waals surface area contributed by atoms with E-state index in [2.05, 4.69) is 20.6 Å². The topological polar surface area (TPSA) is 85.1 Å². The summed E-state index contributed by atoms with van der Waals surface area (Å²) in [5.74, 6) is 0.462. The van der Waals surface area contributed by atoms with Crippen LogP contribution >= 0.6 is 0 Å². The number of methoxy groups -OCH3 is 1. The molecule has 0 aliphatic carbocycles. The van der Waals surface area contributed by atoms with Gasteiger partial charge in [-0.15, -0.1) is 0 Å². The molecule has 9 heteroatoms. The zero-order valence-corrected chi connectivity index (χ0v) is 13.0. The number of nitrogens with two attached hydrogens (primary N) is 1. The van der Waals surface area contributed by atoms with Crippen molar-refractivity contribution in [3.05, 3.63) is 36.2 Å². The van der Waals surface area contributed by atoms with E-state index in [1.54, 1.807) is 7.11 Å². The number of ether oxygens (including phenoxy) is 1. The molecule has 6 nitrogen and oxygen atoms in total. The number of benzene rings is 1. The van der Waals surface area contributed by atoms with Crippen LogP contribution in [0.2, 0.25) is 0 Å². The van der Waals surface area contributed by atoms with Crippen LogP contribution in [0.25, 0.3) is 0 Å². The fraction of sp³-hybridized carbons (Fsp3) is 0.333. The maximum atomic E-state index is 13.0. The van der Waals surface area contributed by atoms with Gasteiger partial charge in [0.15, 0.2) is 11.6 Å². The van der Waals surface area contributed by atoms with Crippen LogP contribution in [0.1, 0.15) is 12.0 Å². The van der Waals surface area contributed by atoms with Crippen LogP contribution in [0.4, 0.5) is 36.2 Å². The molecule has 0 saturated heterocycles. The molecule has 1 aromatic carbocycles. The Morgan fingerprint density at radius 2 is 1.88 bits per heavy atom. The summed E-state index contributed by atoms with van der Waals surface area (Å²) in [4.78, 5) is 7.92. The highest BCUT2D eigenvalue weighted by Gasteiger charge is 2.33. The van der Waals surface area contributed by atoms with Crippen LogP contribution < -0.4 is 16.4 Å². The number of anilines is 4. The maximum Gasteiger partial charge on any atom is 0.418 e. The summed E-state index contributed by atoms with van der Waals surface area (Å²) in [5.41, 5.74) is 5.17. The first-order chi connectivity index (χ1) is 11.4. The molecule has 2 rings (SSSR count). The SMILES string of the molecule is COCCCNc1ncnc(Nc2ccccc2C(F)(F)F)c1N. The van der Waals surface area contributed by atoms with E-state index in [-0.39, 0.29) is 17.2 Å². The van der Waals surface area contributed by atoms with Gasteiger partial charge in [-0.3, -0.25) is 0 Å². The second-order valence-corrected chi connectivity index (χ2v) is 4.93. The smallest absolute Gasteiger partial charge is 0.393 e. The Kier molecular flexibility index (Phi) is 5.80. The molecule has 0 amide bonds. The van der Waals surface area contributed by atoms with E-state index in [0.29, 0.717) is 19.0 Å². The molecule has 0 saturated carbocycles. The van der Waals surface area contributed by atoms with Gasteiger partial charge in [0.05, 0.1) is 11.3 Å². The van der Waals surface area contributed by atoms with E-state index in [9.17, 15) is 13.2 Å². The molecule has 4 N–H and O–H groups in total. The molecule has 0 bridgehead atoms. The molecule has 130 valence electrons. The summed E-state index contributed by atoms with van der Waals surface area (Å²) in [6, 6.07) is 5.12. The monoisotopic (exact) mass is 341 g/mol. The Labute approximate surface area is 137 Å². The highest BCUT2D eigenvalue weighted by atomic mass is 19.4. The quantitative estimate of drug-likeness (QED) is 0.670. The summed E-state index contributed by atoms with van der Waals surface area (Å²) >= 11 is 0. The number of hydrogen-bond acceptors (Lipinski definition) is 6. The van der Waals surface area contributed by atoms with Crippen LogP contribution in [0.3, 0.4) is 0 Å². The number of nitrogen functional groups attached to an aromatic ring is 1. The van der Waals surface area contributed by atoms with Crippen molar-refractivity contribution in [2.24, 2.45) is 0 Å². The van der Waals surface area contributed by atoms with Crippen molar-refractivity contribution in [3.63, 3.8) is 0 Å². The number of para-hydroxylation sites is 1. The Hall–Kier alpha value is -2.55. The van der Waals surface area contributed by atoms with Crippen molar-refractivity contribution >= 4 is 23.0 Å². The third-order valence-corrected chi connectivity index (χ3v) is 3.19. The summed E-state index contributed by atoms with van der Waals surface area (Å²) in [6.45, 7) is 1.13. The molecule has 2 aromatic rings. The normalized spacial score (nSPS) is 11.3. The highest BCUT2D eigenvalue weighted by molar-refractivity contribution is 5.78. The molecule has 1 heterocycles. The lowest BCUT2D eigenvalue weighted by Crippen LogP contribution is -2.12. The van der Waals surface area contributed by atoms with Gasteiger partial charge in [-0.1, -0.05) is 12.1 Å². The minimum Gasteiger partial charge on any atom is -0.393 e. The van der Waals surface area contributed by atoms with Gasteiger partial charge in [-0.2, -0.15) is 13.2 Å². The third-order valence-electron chi connectivity index (χ3n) is 3.19. The summed E-state index contributed by atoms with van der Waals surface area (Å²) in [6.07, 6.45) is -2.51. The standard InChI is InChI=1S/C15H18F3N5O/c1-24-8-4-7-20-13-12(19)14(22-9-21-13)23-11-6-3-2-5-10(11)15(16,17)18/h2-3,5-6,9H,4,7-8,19H2,1H3,(H2,20,21,22,23). The van der Waals surface area contributed by atoms with Crippen LogP contribution in [-0.2, 0) is 10.9 Å². The van der Waals surface area contributed by atoms with E-state index in [1.165, 1.54) is 24.5 Å². The second-order valence-electron chi connectivity index (χ2n) is 4.93. The number of aromatic nitrogens is 2. The lowest BCUT2D eigenvalue weighted by Gasteiger charge is -2.16. The number of alkyl halides is 3. The predicted molar refractivity (Wildman–Crippen MR) is 86.2 cm³/mol. The fourth-order valence-corrected chi connectivity index (χ4v) is 2.03. The van der Waals surface area contributed by atoms with Crippen molar-refractivity contribution in [1.82, 2.24) is 9.97 Å². The van der Waals surface area contributed by atoms with Crippen LogP contribution in [0.5, 0.6) is 0 Å². The van der Waals surface area contributed by atoms with Crippen LogP contribution in [-0.4, -0.2) is 30.2 Å². The van der Waals surface area contributed by atoms with Crippen LogP contribution in [0, 0.1) is 0 Å². The van der Waals surface area contributed by atoms with Gasteiger partial charge in [0.1, 0.15) is 12.0 Å². The Balaban J connectivity index is 2.19. The summed E-state index contributed by atoms with van der Waals surface area (Å²) < 4.78 is 44.1. The minimum atomic E-state index is -4.48. The fourth-order valence-electron chi connectivity index (χ4n) is 2.03. The van der Waals surface area contributed by atoms with Gasteiger partial charge < -0.3 is 21.1 Å². The van der Waals surface area contributed by atoms with E-state index >= 15 is 0 Å². The molecular formula is C15H18F3N5O. The number of nitrogens with zero attached hydrogens (tertiary/aromatic N) is 2. The zero-order chi connectivity index (χ0) is 17.6. The Bertz CT molecular complexity index is 678. The van der Waals surface area contributed by atoms with Crippen molar-refractivity contribution in [1.29, 1.82) is 0 Å². The van der Waals surface area contributed by atoms with E-state index in [1.807, 2.05) is 0 Å². The first-order valence-corrected chi connectivity index (χ1v) is 7.20.